The van der Waals surface area contributed by atoms with E-state index in [1.807, 2.05) is 0 Å². The standard InChI is InChI=1S/C16H30Si/c1-11(2)9-16(17,10-12(3)4)15-8-13-5-6-14(15)7-13/h5-6,11-15H,7-10H2,1-4,17H3. The van der Waals surface area contributed by atoms with E-state index in [9.17, 15) is 0 Å². The molecule has 3 atom stereocenters. The molecule has 2 bridgehead atoms. The summed E-state index contributed by atoms with van der Waals surface area (Å²) in [5.74, 6) is 4.64. The Balaban J connectivity index is 2.12. The van der Waals surface area contributed by atoms with Crippen molar-refractivity contribution in [2.24, 2.45) is 29.6 Å². The Morgan fingerprint density at radius 1 is 1.06 bits per heavy atom. The minimum Gasteiger partial charge on any atom is -0.0851 e. The van der Waals surface area contributed by atoms with Crippen LogP contribution in [0.3, 0.4) is 0 Å². The summed E-state index contributed by atoms with van der Waals surface area (Å²) in [4.78, 5) is 0. The summed E-state index contributed by atoms with van der Waals surface area (Å²) in [7, 11) is 1.39. The first kappa shape index (κ1) is 13.4. The average Bonchev–Trinajstić information content (AvgIpc) is 2.75. The fraction of sp³-hybridized carbons (Fsp3) is 0.875. The van der Waals surface area contributed by atoms with Gasteiger partial charge in [0.2, 0.25) is 0 Å². The summed E-state index contributed by atoms with van der Waals surface area (Å²) in [6.07, 6.45) is 11.0. The Bertz CT molecular complexity index is 280. The Morgan fingerprint density at radius 3 is 2.00 bits per heavy atom. The number of allylic oxidation sites excluding steroid dienone is 2. The molecule has 17 heavy (non-hydrogen) atoms. The normalized spacial score (nSPS) is 32.2. The van der Waals surface area contributed by atoms with Gasteiger partial charge in [0.05, 0.1) is 0 Å². The van der Waals surface area contributed by atoms with Crippen LogP contribution in [-0.2, 0) is 0 Å². The lowest BCUT2D eigenvalue weighted by molar-refractivity contribution is 0.231. The monoisotopic (exact) mass is 250 g/mol. The van der Waals surface area contributed by atoms with Crippen molar-refractivity contribution < 1.29 is 0 Å². The first-order valence-electron chi connectivity index (χ1n) is 7.59. The van der Waals surface area contributed by atoms with Gasteiger partial charge in [-0.15, -0.1) is 0 Å². The smallest absolute Gasteiger partial charge is 0.0111 e. The molecule has 0 heterocycles. The van der Waals surface area contributed by atoms with Crippen molar-refractivity contribution in [2.45, 2.75) is 58.4 Å². The van der Waals surface area contributed by atoms with E-state index in [2.05, 4.69) is 39.8 Å². The molecular formula is C16H30Si. The van der Waals surface area contributed by atoms with E-state index in [1.165, 1.54) is 35.9 Å². The van der Waals surface area contributed by atoms with Crippen LogP contribution < -0.4 is 0 Å². The van der Waals surface area contributed by atoms with Gasteiger partial charge in [0.1, 0.15) is 0 Å². The van der Waals surface area contributed by atoms with Gasteiger partial charge in [-0.25, -0.2) is 0 Å². The van der Waals surface area contributed by atoms with Crippen LogP contribution in [-0.4, -0.2) is 10.2 Å². The van der Waals surface area contributed by atoms with Crippen LogP contribution in [0.2, 0.25) is 5.04 Å². The molecule has 2 rings (SSSR count). The molecule has 0 aromatic rings. The molecule has 1 fully saturated rings. The zero-order chi connectivity index (χ0) is 12.6. The maximum atomic E-state index is 2.55. The molecule has 0 aromatic carbocycles. The van der Waals surface area contributed by atoms with Gasteiger partial charge in [-0.1, -0.05) is 39.8 Å². The summed E-state index contributed by atoms with van der Waals surface area (Å²) in [5, 5.41) is 0.715. The van der Waals surface area contributed by atoms with Gasteiger partial charge < -0.3 is 0 Å². The summed E-state index contributed by atoms with van der Waals surface area (Å²) in [5.41, 5.74) is 0. The molecule has 0 aliphatic heterocycles. The van der Waals surface area contributed by atoms with E-state index in [0.717, 1.165) is 29.6 Å². The molecule has 0 nitrogen and oxygen atoms in total. The Morgan fingerprint density at radius 2 is 1.65 bits per heavy atom. The lowest BCUT2D eigenvalue weighted by atomic mass is 9.73. The third-order valence-corrected chi connectivity index (χ3v) is 6.48. The third kappa shape index (κ3) is 2.86. The maximum Gasteiger partial charge on any atom is 0.0111 e. The number of fused-ring (bicyclic) bond motifs is 2. The lowest BCUT2D eigenvalue weighted by Crippen LogP contribution is -2.30. The molecule has 0 radical (unpaired) electrons. The molecule has 0 saturated heterocycles. The topological polar surface area (TPSA) is 0 Å². The van der Waals surface area contributed by atoms with E-state index in [1.54, 1.807) is 0 Å². The highest BCUT2D eigenvalue weighted by Crippen LogP contribution is 2.57. The number of hydrogen-bond donors (Lipinski definition) is 0. The first-order valence-corrected chi connectivity index (χ1v) is 8.59. The second-order valence-electron chi connectivity index (χ2n) is 7.74. The summed E-state index contributed by atoms with van der Waals surface area (Å²) >= 11 is 0. The highest BCUT2D eigenvalue weighted by Gasteiger charge is 2.45. The van der Waals surface area contributed by atoms with Gasteiger partial charge in [-0.2, -0.15) is 0 Å². The second-order valence-corrected chi connectivity index (χ2v) is 9.73. The molecule has 1 heteroatoms. The van der Waals surface area contributed by atoms with Crippen LogP contribution in [0.4, 0.5) is 0 Å². The molecule has 0 amide bonds. The quantitative estimate of drug-likeness (QED) is 0.514. The van der Waals surface area contributed by atoms with Crippen LogP contribution in [0.5, 0.6) is 0 Å². The molecule has 0 spiro atoms. The maximum absolute atomic E-state index is 2.55. The predicted octanol–water partition coefficient (Wildman–Crippen LogP) is 3.81. The van der Waals surface area contributed by atoms with Gasteiger partial charge in [0.15, 0.2) is 0 Å². The first-order chi connectivity index (χ1) is 7.90. The van der Waals surface area contributed by atoms with Crippen LogP contribution in [0.1, 0.15) is 53.4 Å². The molecule has 1 saturated carbocycles. The van der Waals surface area contributed by atoms with Crippen molar-refractivity contribution in [3.05, 3.63) is 12.2 Å². The van der Waals surface area contributed by atoms with Crippen molar-refractivity contribution in [1.29, 1.82) is 0 Å². The van der Waals surface area contributed by atoms with Crippen LogP contribution >= 0.6 is 0 Å². The van der Waals surface area contributed by atoms with Crippen molar-refractivity contribution >= 4 is 10.2 Å². The van der Waals surface area contributed by atoms with Gasteiger partial charge >= 0.3 is 0 Å². The zero-order valence-corrected chi connectivity index (χ0v) is 14.4. The van der Waals surface area contributed by atoms with Crippen molar-refractivity contribution in [2.75, 3.05) is 0 Å². The van der Waals surface area contributed by atoms with Crippen LogP contribution in [0, 0.1) is 29.6 Å². The number of hydrogen-bond acceptors (Lipinski definition) is 0. The van der Waals surface area contributed by atoms with E-state index in [4.69, 9.17) is 0 Å². The molecule has 0 aromatic heterocycles. The van der Waals surface area contributed by atoms with Crippen molar-refractivity contribution in [1.82, 2.24) is 0 Å². The zero-order valence-electron chi connectivity index (χ0n) is 12.4. The Labute approximate surface area is 111 Å². The minimum atomic E-state index is 0.715. The lowest BCUT2D eigenvalue weighted by Gasteiger charge is -2.42. The van der Waals surface area contributed by atoms with Crippen LogP contribution in [0.25, 0.3) is 0 Å². The minimum absolute atomic E-state index is 0.715. The molecule has 98 valence electrons. The molecule has 2 aliphatic carbocycles. The van der Waals surface area contributed by atoms with E-state index < -0.39 is 0 Å². The molecule has 3 unspecified atom stereocenters. The van der Waals surface area contributed by atoms with Gasteiger partial charge in [0, 0.05) is 10.2 Å². The fourth-order valence-corrected chi connectivity index (χ4v) is 7.13. The average molecular weight is 251 g/mol. The summed E-state index contributed by atoms with van der Waals surface area (Å²) in [6.45, 7) is 9.65. The fourth-order valence-electron chi connectivity index (χ4n) is 4.83. The summed E-state index contributed by atoms with van der Waals surface area (Å²) in [6, 6.07) is 0. The largest absolute Gasteiger partial charge is 0.0851 e. The predicted molar refractivity (Wildman–Crippen MR) is 80.4 cm³/mol. The highest BCUT2D eigenvalue weighted by atomic mass is 28.1. The Kier molecular flexibility index (Phi) is 3.87. The molecular weight excluding hydrogens is 220 g/mol. The molecule has 2 aliphatic rings. The third-order valence-electron chi connectivity index (χ3n) is 4.92. The van der Waals surface area contributed by atoms with Gasteiger partial charge in [0.25, 0.3) is 0 Å². The van der Waals surface area contributed by atoms with Crippen molar-refractivity contribution in [3.63, 3.8) is 0 Å². The number of rotatable bonds is 5. The Hall–Kier alpha value is -0.0431. The summed E-state index contributed by atoms with van der Waals surface area (Å²) < 4.78 is 0. The highest BCUT2D eigenvalue weighted by molar-refractivity contribution is 6.15. The SMILES string of the molecule is CC(C)CC([SiH3])(CC(C)C)C1CC2C=CC1C2. The van der Waals surface area contributed by atoms with Gasteiger partial charge in [-0.05, 0) is 60.3 Å². The van der Waals surface area contributed by atoms with Gasteiger partial charge in [-0.3, -0.25) is 0 Å². The van der Waals surface area contributed by atoms with Crippen molar-refractivity contribution in [3.8, 4) is 0 Å². The van der Waals surface area contributed by atoms with E-state index in [0.29, 0.717) is 5.04 Å². The van der Waals surface area contributed by atoms with Crippen LogP contribution in [0.15, 0.2) is 12.2 Å². The van der Waals surface area contributed by atoms with E-state index in [-0.39, 0.29) is 0 Å². The van der Waals surface area contributed by atoms with E-state index >= 15 is 0 Å². The second kappa shape index (κ2) is 4.91. The molecule has 0 N–H and O–H groups in total.